The second kappa shape index (κ2) is 7.49. The predicted octanol–water partition coefficient (Wildman–Crippen LogP) is 4.16. The summed E-state index contributed by atoms with van der Waals surface area (Å²) in [5.74, 6) is 0.219. The van der Waals surface area contributed by atoms with Crippen LogP contribution in [-0.2, 0) is 11.2 Å². The molecule has 0 aromatic heterocycles. The fraction of sp³-hybridized carbons (Fsp3) is 0.381. The zero-order valence-corrected chi connectivity index (χ0v) is 15.9. The lowest BCUT2D eigenvalue weighted by molar-refractivity contribution is -0.130. The van der Waals surface area contributed by atoms with Crippen molar-refractivity contribution in [3.05, 3.63) is 63.7 Å². The summed E-state index contributed by atoms with van der Waals surface area (Å²) in [6, 6.07) is 12.3. The van der Waals surface area contributed by atoms with Gasteiger partial charge in [-0.3, -0.25) is 4.79 Å². The molecule has 25 heavy (non-hydrogen) atoms. The Morgan fingerprint density at radius 2 is 1.64 bits per heavy atom. The maximum absolute atomic E-state index is 12.7. The largest absolute Gasteiger partial charge is 0.368 e. The molecule has 1 aliphatic rings. The lowest BCUT2D eigenvalue weighted by atomic mass is 10.0. The van der Waals surface area contributed by atoms with Crippen LogP contribution in [0.5, 0.6) is 0 Å². The van der Waals surface area contributed by atoms with Crippen LogP contribution >= 0.6 is 11.6 Å². The van der Waals surface area contributed by atoms with E-state index < -0.39 is 0 Å². The van der Waals surface area contributed by atoms with Crippen molar-refractivity contribution in [2.24, 2.45) is 0 Å². The van der Waals surface area contributed by atoms with Gasteiger partial charge in [0.05, 0.1) is 6.42 Å². The monoisotopic (exact) mass is 356 g/mol. The first-order valence-corrected chi connectivity index (χ1v) is 9.17. The van der Waals surface area contributed by atoms with Crippen LogP contribution in [0.25, 0.3) is 0 Å². The highest BCUT2D eigenvalue weighted by atomic mass is 35.5. The molecule has 1 aliphatic heterocycles. The van der Waals surface area contributed by atoms with Crippen LogP contribution in [0.4, 0.5) is 5.69 Å². The number of amides is 1. The number of nitrogens with zero attached hydrogens (tertiary/aromatic N) is 2. The number of aryl methyl sites for hydroxylation is 3. The van der Waals surface area contributed by atoms with Crippen LogP contribution in [-0.4, -0.2) is 37.0 Å². The molecule has 1 saturated heterocycles. The third kappa shape index (κ3) is 4.16. The molecular formula is C21H25ClN2O. The summed E-state index contributed by atoms with van der Waals surface area (Å²) in [4.78, 5) is 17.0. The normalized spacial score (nSPS) is 14.7. The molecule has 0 spiro atoms. The minimum absolute atomic E-state index is 0.219. The second-order valence-corrected chi connectivity index (χ2v) is 7.34. The number of carbonyl (C=O) groups excluding carboxylic acids is 1. The Bertz CT molecular complexity index is 779. The minimum atomic E-state index is 0.219. The van der Waals surface area contributed by atoms with Gasteiger partial charge in [0, 0.05) is 36.9 Å². The van der Waals surface area contributed by atoms with Gasteiger partial charge in [-0.2, -0.15) is 0 Å². The standard InChI is InChI=1S/C21H25ClN2O/c1-15-4-5-16(2)18(12-15)13-21(25)24-10-8-23(9-11-24)20-14-19(22)7-6-17(20)3/h4-7,12,14H,8-11,13H2,1-3H3. The summed E-state index contributed by atoms with van der Waals surface area (Å²) in [5.41, 5.74) is 5.92. The van der Waals surface area contributed by atoms with Gasteiger partial charge in [-0.05, 0) is 49.6 Å². The summed E-state index contributed by atoms with van der Waals surface area (Å²) < 4.78 is 0. The summed E-state index contributed by atoms with van der Waals surface area (Å²) >= 11 is 6.14. The maximum Gasteiger partial charge on any atom is 0.227 e. The Morgan fingerprint density at radius 3 is 2.36 bits per heavy atom. The van der Waals surface area contributed by atoms with Crippen molar-refractivity contribution in [3.8, 4) is 0 Å². The van der Waals surface area contributed by atoms with E-state index in [1.54, 1.807) is 0 Å². The quantitative estimate of drug-likeness (QED) is 0.824. The molecule has 0 radical (unpaired) electrons. The van der Waals surface area contributed by atoms with E-state index >= 15 is 0 Å². The number of piperazine rings is 1. The Kier molecular flexibility index (Phi) is 5.33. The van der Waals surface area contributed by atoms with E-state index in [0.717, 1.165) is 36.8 Å². The van der Waals surface area contributed by atoms with Crippen molar-refractivity contribution in [2.45, 2.75) is 27.2 Å². The molecule has 0 unspecified atom stereocenters. The topological polar surface area (TPSA) is 23.6 Å². The molecule has 3 rings (SSSR count). The summed E-state index contributed by atoms with van der Waals surface area (Å²) in [6.45, 7) is 9.45. The first-order valence-electron chi connectivity index (χ1n) is 8.79. The van der Waals surface area contributed by atoms with Gasteiger partial charge in [0.1, 0.15) is 0 Å². The van der Waals surface area contributed by atoms with Crippen LogP contribution in [0.3, 0.4) is 0 Å². The van der Waals surface area contributed by atoms with E-state index in [9.17, 15) is 4.79 Å². The highest BCUT2D eigenvalue weighted by Crippen LogP contribution is 2.25. The average Bonchev–Trinajstić information content (AvgIpc) is 2.60. The fourth-order valence-corrected chi connectivity index (χ4v) is 3.55. The van der Waals surface area contributed by atoms with Crippen LogP contribution in [0.2, 0.25) is 5.02 Å². The molecule has 0 bridgehead atoms. The highest BCUT2D eigenvalue weighted by Gasteiger charge is 2.22. The van der Waals surface area contributed by atoms with E-state index in [1.807, 2.05) is 17.0 Å². The number of hydrogen-bond donors (Lipinski definition) is 0. The number of carbonyl (C=O) groups is 1. The molecule has 2 aromatic rings. The average molecular weight is 357 g/mol. The molecular weight excluding hydrogens is 332 g/mol. The van der Waals surface area contributed by atoms with Crippen LogP contribution in [0, 0.1) is 20.8 Å². The van der Waals surface area contributed by atoms with Gasteiger partial charge in [-0.15, -0.1) is 0 Å². The molecule has 2 aromatic carbocycles. The number of rotatable bonds is 3. The van der Waals surface area contributed by atoms with E-state index in [0.29, 0.717) is 6.42 Å². The van der Waals surface area contributed by atoms with Crippen LogP contribution in [0.1, 0.15) is 22.3 Å². The van der Waals surface area contributed by atoms with E-state index in [-0.39, 0.29) is 5.91 Å². The lowest BCUT2D eigenvalue weighted by Crippen LogP contribution is -2.49. The first kappa shape index (κ1) is 17.8. The van der Waals surface area contributed by atoms with Gasteiger partial charge in [0.2, 0.25) is 5.91 Å². The molecule has 4 heteroatoms. The van der Waals surface area contributed by atoms with Gasteiger partial charge in [-0.25, -0.2) is 0 Å². The molecule has 0 atom stereocenters. The van der Waals surface area contributed by atoms with Gasteiger partial charge in [0.25, 0.3) is 0 Å². The number of halogens is 1. The Labute approximate surface area is 155 Å². The smallest absolute Gasteiger partial charge is 0.227 e. The van der Waals surface area contributed by atoms with Gasteiger partial charge >= 0.3 is 0 Å². The zero-order valence-electron chi connectivity index (χ0n) is 15.2. The maximum atomic E-state index is 12.7. The number of anilines is 1. The van der Waals surface area contributed by atoms with Gasteiger partial charge in [0.15, 0.2) is 0 Å². The third-order valence-electron chi connectivity index (χ3n) is 4.99. The Balaban J connectivity index is 1.63. The van der Waals surface area contributed by atoms with Gasteiger partial charge in [-0.1, -0.05) is 41.4 Å². The predicted molar refractivity (Wildman–Crippen MR) is 105 cm³/mol. The van der Waals surface area contributed by atoms with Gasteiger partial charge < -0.3 is 9.80 Å². The van der Waals surface area contributed by atoms with Crippen molar-refractivity contribution in [3.63, 3.8) is 0 Å². The first-order chi connectivity index (χ1) is 11.9. The van der Waals surface area contributed by atoms with Crippen LogP contribution in [0.15, 0.2) is 36.4 Å². The summed E-state index contributed by atoms with van der Waals surface area (Å²) in [6.07, 6.45) is 0.490. The Hall–Kier alpha value is -2.00. The number of hydrogen-bond acceptors (Lipinski definition) is 2. The summed E-state index contributed by atoms with van der Waals surface area (Å²) in [5, 5.41) is 0.758. The SMILES string of the molecule is Cc1ccc(C)c(CC(=O)N2CCN(c3cc(Cl)ccc3C)CC2)c1. The van der Waals surface area contributed by atoms with Crippen molar-refractivity contribution in [1.29, 1.82) is 0 Å². The van der Waals surface area contributed by atoms with Crippen molar-refractivity contribution >= 4 is 23.2 Å². The van der Waals surface area contributed by atoms with Crippen LogP contribution < -0.4 is 4.90 Å². The second-order valence-electron chi connectivity index (χ2n) is 6.91. The third-order valence-corrected chi connectivity index (χ3v) is 5.23. The Morgan fingerprint density at radius 1 is 0.960 bits per heavy atom. The molecule has 0 N–H and O–H groups in total. The molecule has 3 nitrogen and oxygen atoms in total. The lowest BCUT2D eigenvalue weighted by Gasteiger charge is -2.37. The van der Waals surface area contributed by atoms with E-state index in [4.69, 9.17) is 11.6 Å². The summed E-state index contributed by atoms with van der Waals surface area (Å²) in [7, 11) is 0. The molecule has 0 aliphatic carbocycles. The van der Waals surface area contributed by atoms with E-state index in [1.165, 1.54) is 22.4 Å². The zero-order chi connectivity index (χ0) is 18.0. The minimum Gasteiger partial charge on any atom is -0.368 e. The van der Waals surface area contributed by atoms with E-state index in [2.05, 4.69) is 49.9 Å². The molecule has 1 heterocycles. The molecule has 0 saturated carbocycles. The van der Waals surface area contributed by atoms with Crippen molar-refractivity contribution in [1.82, 2.24) is 4.90 Å². The van der Waals surface area contributed by atoms with Crippen molar-refractivity contribution < 1.29 is 4.79 Å². The molecule has 132 valence electrons. The fourth-order valence-electron chi connectivity index (χ4n) is 3.39. The molecule has 1 fully saturated rings. The highest BCUT2D eigenvalue weighted by molar-refractivity contribution is 6.30. The van der Waals surface area contributed by atoms with Crippen molar-refractivity contribution in [2.75, 3.05) is 31.1 Å². The molecule has 1 amide bonds. The number of benzene rings is 2.